The zero-order valence-electron chi connectivity index (χ0n) is 15.3. The summed E-state index contributed by atoms with van der Waals surface area (Å²) in [6.07, 6.45) is -1.60. The number of halogens is 3. The molecular formula is C20H27F3N2O2. The number of nitrogens with one attached hydrogen (secondary N) is 1. The Labute approximate surface area is 157 Å². The predicted octanol–water partition coefficient (Wildman–Crippen LogP) is 2.85. The molecule has 0 aromatic heterocycles. The molecule has 1 amide bonds. The summed E-state index contributed by atoms with van der Waals surface area (Å²) in [7, 11) is 0. The van der Waals surface area contributed by atoms with Crippen LogP contribution < -0.4 is 5.32 Å². The molecule has 2 aliphatic heterocycles. The van der Waals surface area contributed by atoms with Crippen LogP contribution >= 0.6 is 0 Å². The highest BCUT2D eigenvalue weighted by Crippen LogP contribution is 2.32. The van der Waals surface area contributed by atoms with Crippen molar-refractivity contribution in [3.63, 3.8) is 0 Å². The van der Waals surface area contributed by atoms with Gasteiger partial charge in [-0.05, 0) is 62.2 Å². The topological polar surface area (TPSA) is 52.6 Å². The minimum absolute atomic E-state index is 0.100. The van der Waals surface area contributed by atoms with Gasteiger partial charge in [-0.25, -0.2) is 0 Å². The van der Waals surface area contributed by atoms with E-state index >= 15 is 0 Å². The first-order valence-corrected chi connectivity index (χ1v) is 9.68. The number of amides is 1. The number of hydrogen-bond acceptors (Lipinski definition) is 3. The highest BCUT2D eigenvalue weighted by molar-refractivity contribution is 5.81. The number of rotatable bonds is 4. The van der Waals surface area contributed by atoms with Crippen molar-refractivity contribution in [1.82, 2.24) is 10.2 Å². The SMILES string of the molecule is O=C([C@H](O)Cc1cccc(C(F)(F)F)c1)N1CCC(C2CCNCC2)CC1. The molecule has 2 heterocycles. The summed E-state index contributed by atoms with van der Waals surface area (Å²) in [6.45, 7) is 3.35. The quantitative estimate of drug-likeness (QED) is 0.839. The van der Waals surface area contributed by atoms with E-state index in [9.17, 15) is 23.1 Å². The monoisotopic (exact) mass is 384 g/mol. The molecule has 2 N–H and O–H groups in total. The van der Waals surface area contributed by atoms with Crippen molar-refractivity contribution < 1.29 is 23.1 Å². The maximum Gasteiger partial charge on any atom is 0.416 e. The Morgan fingerprint density at radius 2 is 1.78 bits per heavy atom. The van der Waals surface area contributed by atoms with Crippen molar-refractivity contribution in [1.29, 1.82) is 0 Å². The van der Waals surface area contributed by atoms with Crippen molar-refractivity contribution >= 4 is 5.91 Å². The summed E-state index contributed by atoms with van der Waals surface area (Å²) in [6, 6.07) is 4.80. The smallest absolute Gasteiger partial charge is 0.383 e. The maximum absolute atomic E-state index is 12.8. The molecule has 150 valence electrons. The van der Waals surface area contributed by atoms with Gasteiger partial charge in [0.2, 0.25) is 0 Å². The molecule has 0 aliphatic carbocycles. The van der Waals surface area contributed by atoms with Crippen LogP contribution in [0.2, 0.25) is 0 Å². The average molecular weight is 384 g/mol. The van der Waals surface area contributed by atoms with E-state index in [0.717, 1.165) is 38.1 Å². The van der Waals surface area contributed by atoms with Crippen LogP contribution in [-0.2, 0) is 17.4 Å². The van der Waals surface area contributed by atoms with Crippen LogP contribution in [0, 0.1) is 11.8 Å². The summed E-state index contributed by atoms with van der Waals surface area (Å²) < 4.78 is 38.4. The summed E-state index contributed by atoms with van der Waals surface area (Å²) >= 11 is 0. The highest BCUT2D eigenvalue weighted by Gasteiger charge is 2.33. The summed E-state index contributed by atoms with van der Waals surface area (Å²) in [5.74, 6) is 0.950. The van der Waals surface area contributed by atoms with Crippen LogP contribution in [0.3, 0.4) is 0 Å². The molecule has 0 unspecified atom stereocenters. The van der Waals surface area contributed by atoms with Crippen molar-refractivity contribution in [3.8, 4) is 0 Å². The molecule has 0 bridgehead atoms. The molecule has 0 spiro atoms. The first-order valence-electron chi connectivity index (χ1n) is 9.68. The summed E-state index contributed by atoms with van der Waals surface area (Å²) in [5.41, 5.74) is -0.447. The Kier molecular flexibility index (Phi) is 6.42. The minimum Gasteiger partial charge on any atom is -0.383 e. The molecule has 2 aliphatic rings. The third-order valence-corrected chi connectivity index (χ3v) is 5.87. The lowest BCUT2D eigenvalue weighted by Gasteiger charge is -2.38. The van der Waals surface area contributed by atoms with Gasteiger partial charge in [-0.2, -0.15) is 13.2 Å². The molecular weight excluding hydrogens is 357 g/mol. The number of carbonyl (C=O) groups is 1. The van der Waals surface area contributed by atoms with Gasteiger partial charge in [-0.1, -0.05) is 18.2 Å². The fraction of sp³-hybridized carbons (Fsp3) is 0.650. The van der Waals surface area contributed by atoms with Crippen LogP contribution in [0.15, 0.2) is 24.3 Å². The maximum atomic E-state index is 12.8. The van der Waals surface area contributed by atoms with Crippen LogP contribution in [0.25, 0.3) is 0 Å². The molecule has 2 fully saturated rings. The van der Waals surface area contributed by atoms with Crippen LogP contribution in [0.1, 0.15) is 36.8 Å². The van der Waals surface area contributed by atoms with Crippen molar-refractivity contribution in [3.05, 3.63) is 35.4 Å². The second kappa shape index (κ2) is 8.61. The molecule has 1 aromatic carbocycles. The second-order valence-electron chi connectivity index (χ2n) is 7.67. The molecule has 2 saturated heterocycles. The molecule has 7 heteroatoms. The first-order chi connectivity index (χ1) is 12.8. The number of carbonyl (C=O) groups excluding carboxylic acids is 1. The van der Waals surface area contributed by atoms with E-state index in [1.807, 2.05) is 0 Å². The van der Waals surface area contributed by atoms with E-state index in [0.29, 0.717) is 30.5 Å². The standard InChI is InChI=1S/C20H27F3N2O2/c21-20(22,23)17-3-1-2-14(12-17)13-18(26)19(27)25-10-6-16(7-11-25)15-4-8-24-9-5-15/h1-3,12,15-16,18,24,26H,4-11,13H2/t18-/m1/s1. The van der Waals surface area contributed by atoms with Gasteiger partial charge in [-0.3, -0.25) is 4.79 Å². The molecule has 1 atom stereocenters. The van der Waals surface area contributed by atoms with Gasteiger partial charge in [0.15, 0.2) is 0 Å². The fourth-order valence-electron chi connectivity index (χ4n) is 4.30. The summed E-state index contributed by atoms with van der Waals surface area (Å²) in [4.78, 5) is 14.2. The number of benzene rings is 1. The zero-order chi connectivity index (χ0) is 19.4. The lowest BCUT2D eigenvalue weighted by atomic mass is 9.79. The van der Waals surface area contributed by atoms with Gasteiger partial charge in [-0.15, -0.1) is 0 Å². The van der Waals surface area contributed by atoms with E-state index < -0.39 is 17.8 Å². The third kappa shape index (κ3) is 5.23. The Balaban J connectivity index is 1.52. The Bertz CT molecular complexity index is 636. The number of piperidine rings is 2. The Hall–Kier alpha value is -1.60. The number of aliphatic hydroxyl groups excluding tert-OH is 1. The van der Waals surface area contributed by atoms with Gasteiger partial charge in [0.25, 0.3) is 5.91 Å². The average Bonchev–Trinajstić information content (AvgIpc) is 2.68. The molecule has 3 rings (SSSR count). The predicted molar refractivity (Wildman–Crippen MR) is 96.1 cm³/mol. The van der Waals surface area contributed by atoms with E-state index in [1.165, 1.54) is 25.0 Å². The third-order valence-electron chi connectivity index (χ3n) is 5.87. The number of likely N-dealkylation sites (tertiary alicyclic amines) is 1. The number of alkyl halides is 3. The van der Waals surface area contributed by atoms with Gasteiger partial charge in [0.1, 0.15) is 6.10 Å². The Morgan fingerprint density at radius 3 is 2.41 bits per heavy atom. The molecule has 1 aromatic rings. The molecule has 0 saturated carbocycles. The second-order valence-corrected chi connectivity index (χ2v) is 7.67. The minimum atomic E-state index is -4.43. The molecule has 4 nitrogen and oxygen atoms in total. The molecule has 0 radical (unpaired) electrons. The first kappa shape index (κ1) is 20.1. The van der Waals surface area contributed by atoms with Gasteiger partial charge in [0, 0.05) is 19.5 Å². The van der Waals surface area contributed by atoms with Gasteiger partial charge in [0.05, 0.1) is 5.56 Å². The van der Waals surface area contributed by atoms with Crippen molar-refractivity contribution in [2.45, 2.75) is 44.4 Å². The lowest BCUT2D eigenvalue weighted by Crippen LogP contribution is -2.46. The number of aliphatic hydroxyl groups is 1. The zero-order valence-corrected chi connectivity index (χ0v) is 15.3. The van der Waals surface area contributed by atoms with Crippen LogP contribution in [-0.4, -0.2) is 48.2 Å². The van der Waals surface area contributed by atoms with Gasteiger partial charge < -0.3 is 15.3 Å². The van der Waals surface area contributed by atoms with E-state index in [-0.39, 0.29) is 12.3 Å². The number of nitrogens with zero attached hydrogens (tertiary/aromatic N) is 1. The van der Waals surface area contributed by atoms with Crippen molar-refractivity contribution in [2.75, 3.05) is 26.2 Å². The van der Waals surface area contributed by atoms with Crippen LogP contribution in [0.5, 0.6) is 0 Å². The Morgan fingerprint density at radius 1 is 1.15 bits per heavy atom. The van der Waals surface area contributed by atoms with Gasteiger partial charge >= 0.3 is 6.18 Å². The largest absolute Gasteiger partial charge is 0.416 e. The van der Waals surface area contributed by atoms with Crippen molar-refractivity contribution in [2.24, 2.45) is 11.8 Å². The highest BCUT2D eigenvalue weighted by atomic mass is 19.4. The lowest BCUT2D eigenvalue weighted by molar-refractivity contribution is -0.141. The van der Waals surface area contributed by atoms with Crippen LogP contribution in [0.4, 0.5) is 13.2 Å². The van der Waals surface area contributed by atoms with E-state index in [1.54, 1.807) is 4.90 Å². The fourth-order valence-corrected chi connectivity index (χ4v) is 4.30. The number of hydrogen-bond donors (Lipinski definition) is 2. The van der Waals surface area contributed by atoms with E-state index in [4.69, 9.17) is 0 Å². The normalized spacial score (nSPS) is 21.3. The molecule has 27 heavy (non-hydrogen) atoms. The summed E-state index contributed by atoms with van der Waals surface area (Å²) in [5, 5.41) is 13.6. The van der Waals surface area contributed by atoms with E-state index in [2.05, 4.69) is 5.32 Å².